The predicted molar refractivity (Wildman–Crippen MR) is 117 cm³/mol. The first-order chi connectivity index (χ1) is 14.2. The molecule has 3 aromatic carbocycles. The Hall–Kier alpha value is -3.86. The Bertz CT molecular complexity index is 1360. The number of hydrogen-bond acceptors (Lipinski definition) is 4. The van der Waals surface area contributed by atoms with Crippen molar-refractivity contribution in [1.29, 1.82) is 0 Å². The number of esters is 1. The van der Waals surface area contributed by atoms with Gasteiger partial charge in [0.2, 0.25) is 0 Å². The second-order valence-electron chi connectivity index (χ2n) is 6.82. The average Bonchev–Trinajstić information content (AvgIpc) is 3.13. The minimum absolute atomic E-state index is 0.320. The van der Waals surface area contributed by atoms with Gasteiger partial charge in [-0.2, -0.15) is 0 Å². The summed E-state index contributed by atoms with van der Waals surface area (Å²) in [5.74, 6) is 0.330. The van der Waals surface area contributed by atoms with Crippen molar-refractivity contribution in [2.45, 2.75) is 6.92 Å². The maximum absolute atomic E-state index is 12.4. The first kappa shape index (κ1) is 17.3. The van der Waals surface area contributed by atoms with Gasteiger partial charge in [-0.3, -0.25) is 0 Å². The summed E-state index contributed by atoms with van der Waals surface area (Å²) in [6, 6.07) is 23.9. The maximum atomic E-state index is 12.4. The second-order valence-corrected chi connectivity index (χ2v) is 6.82. The molecule has 5 rings (SSSR count). The van der Waals surface area contributed by atoms with E-state index in [4.69, 9.17) is 9.72 Å². The fraction of sp³-hybridized carbons (Fsp3) is 0.0833. The van der Waals surface area contributed by atoms with Crippen LogP contribution in [-0.2, 0) is 4.74 Å². The van der Waals surface area contributed by atoms with Crippen LogP contribution in [0.4, 0.5) is 11.5 Å². The van der Waals surface area contributed by atoms with Crippen molar-refractivity contribution in [2.75, 3.05) is 11.9 Å². The van der Waals surface area contributed by atoms with E-state index in [-0.39, 0.29) is 5.97 Å². The molecule has 0 spiro atoms. The minimum Gasteiger partial charge on any atom is -0.461 e. The number of nitrogens with zero attached hydrogens (tertiary/aromatic N) is 1. The smallest absolute Gasteiger partial charge is 0.354 e. The van der Waals surface area contributed by atoms with Crippen molar-refractivity contribution in [2.24, 2.45) is 0 Å². The number of anilines is 2. The summed E-state index contributed by atoms with van der Waals surface area (Å²) in [5.41, 5.74) is 3.16. The molecule has 29 heavy (non-hydrogen) atoms. The number of pyridine rings is 1. The van der Waals surface area contributed by atoms with Crippen LogP contribution in [0.15, 0.2) is 72.8 Å². The number of hydrogen-bond donors (Lipinski definition) is 2. The zero-order valence-corrected chi connectivity index (χ0v) is 15.9. The number of rotatable bonds is 4. The Morgan fingerprint density at radius 2 is 1.79 bits per heavy atom. The van der Waals surface area contributed by atoms with Crippen LogP contribution in [0.3, 0.4) is 0 Å². The molecule has 0 aliphatic rings. The van der Waals surface area contributed by atoms with Gasteiger partial charge in [-0.1, -0.05) is 48.5 Å². The van der Waals surface area contributed by atoms with Gasteiger partial charge < -0.3 is 15.0 Å². The van der Waals surface area contributed by atoms with E-state index in [1.807, 2.05) is 60.7 Å². The number of aromatic nitrogens is 2. The lowest BCUT2D eigenvalue weighted by molar-refractivity contribution is 0.0520. The van der Waals surface area contributed by atoms with Gasteiger partial charge in [0.15, 0.2) is 0 Å². The van der Waals surface area contributed by atoms with Crippen LogP contribution in [0.2, 0.25) is 0 Å². The van der Waals surface area contributed by atoms with E-state index in [9.17, 15) is 4.79 Å². The topological polar surface area (TPSA) is 67.0 Å². The predicted octanol–water partition coefficient (Wildman–Crippen LogP) is 5.79. The molecule has 0 aliphatic heterocycles. The van der Waals surface area contributed by atoms with Crippen molar-refractivity contribution in [3.63, 3.8) is 0 Å². The highest BCUT2D eigenvalue weighted by atomic mass is 16.5. The van der Waals surface area contributed by atoms with Gasteiger partial charge in [0.1, 0.15) is 11.5 Å². The summed E-state index contributed by atoms with van der Waals surface area (Å²) in [6.45, 7) is 2.12. The molecule has 0 bridgehead atoms. The Balaban J connectivity index is 1.81. The van der Waals surface area contributed by atoms with Crippen LogP contribution in [0.5, 0.6) is 0 Å². The third-order valence-corrected chi connectivity index (χ3v) is 4.98. The number of ether oxygens (including phenoxy) is 1. The molecule has 2 aromatic heterocycles. The lowest BCUT2D eigenvalue weighted by Gasteiger charge is -2.13. The summed E-state index contributed by atoms with van der Waals surface area (Å²) in [4.78, 5) is 20.5. The van der Waals surface area contributed by atoms with Gasteiger partial charge in [-0.15, -0.1) is 0 Å². The fourth-order valence-electron chi connectivity index (χ4n) is 3.71. The average molecular weight is 381 g/mol. The van der Waals surface area contributed by atoms with E-state index in [0.717, 1.165) is 38.3 Å². The molecular formula is C24H19N3O2. The van der Waals surface area contributed by atoms with Gasteiger partial charge in [-0.25, -0.2) is 9.78 Å². The quantitative estimate of drug-likeness (QED) is 0.387. The fourth-order valence-corrected chi connectivity index (χ4v) is 3.71. The van der Waals surface area contributed by atoms with Crippen LogP contribution in [0.1, 0.15) is 17.4 Å². The van der Waals surface area contributed by atoms with Crippen LogP contribution in [0.25, 0.3) is 32.6 Å². The van der Waals surface area contributed by atoms with Gasteiger partial charge in [0.25, 0.3) is 0 Å². The van der Waals surface area contributed by atoms with E-state index < -0.39 is 0 Å². The zero-order valence-electron chi connectivity index (χ0n) is 15.9. The summed E-state index contributed by atoms with van der Waals surface area (Å²) in [7, 11) is 0. The molecule has 0 radical (unpaired) electrons. The highest BCUT2D eigenvalue weighted by molar-refractivity contribution is 6.20. The van der Waals surface area contributed by atoms with Crippen LogP contribution >= 0.6 is 0 Å². The first-order valence-corrected chi connectivity index (χ1v) is 9.58. The minimum atomic E-state index is -0.383. The number of benzene rings is 3. The molecule has 0 amide bonds. The van der Waals surface area contributed by atoms with Gasteiger partial charge in [-0.05, 0) is 36.6 Å². The summed E-state index contributed by atoms with van der Waals surface area (Å²) >= 11 is 0. The Morgan fingerprint density at radius 3 is 2.62 bits per heavy atom. The molecule has 2 N–H and O–H groups in total. The number of carbonyl (C=O) groups is 1. The van der Waals surface area contributed by atoms with Crippen LogP contribution < -0.4 is 5.32 Å². The molecule has 142 valence electrons. The highest BCUT2D eigenvalue weighted by Gasteiger charge is 2.16. The van der Waals surface area contributed by atoms with Gasteiger partial charge in [0, 0.05) is 21.8 Å². The second kappa shape index (κ2) is 6.95. The molecular weight excluding hydrogens is 362 g/mol. The standard InChI is InChI=1S/C24H19N3O2/c1-2-29-24(28)20-14-15-12-13-18-17-10-6-7-11-19(17)26-22(18)21(15)23(27-20)25-16-8-4-3-5-9-16/h3-14,25,27H,2H2,1H3. The molecule has 0 saturated heterocycles. The maximum Gasteiger partial charge on any atom is 0.354 e. The lowest BCUT2D eigenvalue weighted by atomic mass is 10.1. The number of aromatic amines is 1. The molecule has 5 nitrogen and oxygen atoms in total. The Morgan fingerprint density at radius 1 is 1.00 bits per heavy atom. The first-order valence-electron chi connectivity index (χ1n) is 9.58. The van der Waals surface area contributed by atoms with E-state index in [0.29, 0.717) is 18.1 Å². The van der Waals surface area contributed by atoms with Crippen molar-refractivity contribution in [1.82, 2.24) is 9.97 Å². The van der Waals surface area contributed by atoms with E-state index in [1.165, 1.54) is 0 Å². The van der Waals surface area contributed by atoms with Crippen molar-refractivity contribution >= 4 is 50.1 Å². The van der Waals surface area contributed by atoms with E-state index >= 15 is 0 Å². The largest absolute Gasteiger partial charge is 0.461 e. The molecule has 5 aromatic rings. The Kier molecular flexibility index (Phi) is 4.13. The number of fused-ring (bicyclic) bond motifs is 5. The number of H-pyrrole nitrogens is 1. The van der Waals surface area contributed by atoms with Crippen LogP contribution in [0, 0.1) is 0 Å². The van der Waals surface area contributed by atoms with Crippen molar-refractivity contribution in [3.8, 4) is 0 Å². The molecule has 0 saturated carbocycles. The third kappa shape index (κ3) is 2.97. The summed E-state index contributed by atoms with van der Waals surface area (Å²) in [6.07, 6.45) is 0. The number of carbonyl (C=O) groups excluding carboxylic acids is 1. The van der Waals surface area contributed by atoms with Crippen LogP contribution in [-0.4, -0.2) is 22.5 Å². The van der Waals surface area contributed by atoms with Crippen molar-refractivity contribution < 1.29 is 9.53 Å². The monoisotopic (exact) mass is 381 g/mol. The summed E-state index contributed by atoms with van der Waals surface area (Å²) in [5, 5.41) is 7.48. The number of para-hydroxylation sites is 2. The molecule has 0 aliphatic carbocycles. The highest BCUT2D eigenvalue weighted by Crippen LogP contribution is 2.35. The lowest BCUT2D eigenvalue weighted by Crippen LogP contribution is -2.09. The third-order valence-electron chi connectivity index (χ3n) is 4.98. The van der Waals surface area contributed by atoms with E-state index in [1.54, 1.807) is 6.92 Å². The van der Waals surface area contributed by atoms with Crippen molar-refractivity contribution in [3.05, 3.63) is 78.5 Å². The SMILES string of the molecule is CCOC(=O)c1cc2ccc3c4ccccc4nc3c2c(Nc2ccccc2)[nH]1. The summed E-state index contributed by atoms with van der Waals surface area (Å²) < 4.78 is 5.20. The molecule has 2 heterocycles. The zero-order chi connectivity index (χ0) is 19.8. The Labute approximate surface area is 167 Å². The molecule has 0 atom stereocenters. The molecule has 0 unspecified atom stereocenters. The van der Waals surface area contributed by atoms with E-state index in [2.05, 4.69) is 22.4 Å². The van der Waals surface area contributed by atoms with Gasteiger partial charge >= 0.3 is 5.97 Å². The molecule has 0 fully saturated rings. The number of nitrogens with one attached hydrogen (secondary N) is 2. The molecule has 5 heteroatoms. The normalized spacial score (nSPS) is 11.2. The van der Waals surface area contributed by atoms with Gasteiger partial charge in [0.05, 0.1) is 17.6 Å².